The molecule has 0 aliphatic rings. The summed E-state index contributed by atoms with van der Waals surface area (Å²) in [6.07, 6.45) is 3.52. The fourth-order valence-corrected chi connectivity index (χ4v) is 6.09. The first-order valence-corrected chi connectivity index (χ1v) is 12.9. The van der Waals surface area contributed by atoms with Gasteiger partial charge in [-0.05, 0) is 66.6 Å². The maximum Gasteiger partial charge on any atom is 0.159 e. The smallest absolute Gasteiger partial charge is 0.159 e. The van der Waals surface area contributed by atoms with Crippen LogP contribution in [0.5, 0.6) is 0 Å². The molecule has 0 aliphatic carbocycles. The van der Waals surface area contributed by atoms with Crippen LogP contribution in [0.2, 0.25) is 0 Å². The van der Waals surface area contributed by atoms with Crippen LogP contribution in [-0.4, -0.2) is 20.4 Å². The van der Waals surface area contributed by atoms with Gasteiger partial charge in [0.2, 0.25) is 0 Å². The summed E-state index contributed by atoms with van der Waals surface area (Å²) >= 11 is 1.40. The second kappa shape index (κ2) is 7.91. The summed E-state index contributed by atoms with van der Waals surface area (Å²) in [5.41, 5.74) is 1.55. The van der Waals surface area contributed by atoms with Gasteiger partial charge in [-0.15, -0.1) is 11.3 Å². The van der Waals surface area contributed by atoms with Gasteiger partial charge in [0, 0.05) is 32.2 Å². The fraction of sp³-hybridized carbons (Fsp3) is 0.130. The summed E-state index contributed by atoms with van der Waals surface area (Å²) in [4.78, 5) is 9.79. The Morgan fingerprint density at radius 2 is 1.69 bits per heavy atom. The number of aromatic nitrogens is 2. The van der Waals surface area contributed by atoms with Gasteiger partial charge in [-0.1, -0.05) is 6.92 Å². The number of rotatable bonds is 5. The van der Waals surface area contributed by atoms with Crippen molar-refractivity contribution in [3.63, 3.8) is 0 Å². The summed E-state index contributed by atoms with van der Waals surface area (Å²) in [6.45, 7) is 1.94. The van der Waals surface area contributed by atoms with Crippen LogP contribution >= 0.6 is 11.3 Å². The standard InChI is InChI=1S/C23H20F3N3OS2/c1-3-20-29-22(14-4-9-18(25)19(26)12-14)23(31-20)15-10-11-28-21(13-15)32(2,27,30)17-7-5-16(24)6-8-17/h4-13H,3H2,1-2H3,(H2,27,30). The van der Waals surface area contributed by atoms with Crippen LogP contribution in [-0.2, 0) is 15.7 Å². The van der Waals surface area contributed by atoms with Crippen LogP contribution < -0.4 is 5.14 Å². The molecule has 4 aromatic rings. The van der Waals surface area contributed by atoms with Crippen molar-refractivity contribution in [2.24, 2.45) is 5.14 Å². The van der Waals surface area contributed by atoms with Crippen LogP contribution in [0.25, 0.3) is 21.7 Å². The monoisotopic (exact) mass is 475 g/mol. The topological polar surface area (TPSA) is 68.9 Å². The Morgan fingerprint density at radius 1 is 0.969 bits per heavy atom. The zero-order chi connectivity index (χ0) is 23.1. The molecule has 0 saturated carbocycles. The van der Waals surface area contributed by atoms with Gasteiger partial charge < -0.3 is 0 Å². The molecule has 0 fully saturated rings. The van der Waals surface area contributed by atoms with Gasteiger partial charge in [0.05, 0.1) is 15.6 Å². The minimum atomic E-state index is -4.11. The molecule has 0 saturated heterocycles. The van der Waals surface area contributed by atoms with Crippen molar-refractivity contribution in [2.75, 3.05) is 6.26 Å². The predicted molar refractivity (Wildman–Crippen MR) is 121 cm³/mol. The van der Waals surface area contributed by atoms with Gasteiger partial charge in [0.15, 0.2) is 11.6 Å². The first-order valence-electron chi connectivity index (χ1n) is 9.69. The van der Waals surface area contributed by atoms with Crippen LogP contribution in [0, 0.1) is 17.5 Å². The van der Waals surface area contributed by atoms with E-state index >= 15 is 0 Å². The molecule has 2 aromatic carbocycles. The summed E-state index contributed by atoms with van der Waals surface area (Å²) in [6, 6.07) is 12.1. The van der Waals surface area contributed by atoms with Gasteiger partial charge >= 0.3 is 0 Å². The Morgan fingerprint density at radius 3 is 2.34 bits per heavy atom. The van der Waals surface area contributed by atoms with Crippen molar-refractivity contribution >= 4 is 20.6 Å². The molecular weight excluding hydrogens is 455 g/mol. The van der Waals surface area contributed by atoms with Crippen molar-refractivity contribution in [3.05, 3.63) is 83.3 Å². The molecule has 32 heavy (non-hydrogen) atoms. The molecule has 2 aromatic heterocycles. The third-order valence-electron chi connectivity index (χ3n) is 5.08. The minimum Gasteiger partial charge on any atom is -0.263 e. The first kappa shape index (κ1) is 22.3. The quantitative estimate of drug-likeness (QED) is 0.409. The maximum atomic E-state index is 13.9. The molecule has 0 bridgehead atoms. The lowest BCUT2D eigenvalue weighted by atomic mass is 10.1. The minimum absolute atomic E-state index is 0.133. The maximum absolute atomic E-state index is 13.9. The number of nitrogens with zero attached hydrogens (tertiary/aromatic N) is 2. The highest BCUT2D eigenvalue weighted by molar-refractivity contribution is 8.17. The number of aryl methyl sites for hydroxylation is 1. The molecule has 166 valence electrons. The number of pyridine rings is 1. The molecule has 0 radical (unpaired) electrons. The highest BCUT2D eigenvalue weighted by atomic mass is 32.3. The van der Waals surface area contributed by atoms with Gasteiger partial charge in [-0.25, -0.2) is 23.1 Å². The molecule has 2 N–H and O–H groups in total. The van der Waals surface area contributed by atoms with Crippen LogP contribution in [0.4, 0.5) is 13.2 Å². The van der Waals surface area contributed by atoms with Crippen LogP contribution in [0.15, 0.2) is 70.7 Å². The molecule has 2 heterocycles. The molecule has 0 spiro atoms. The Kier molecular flexibility index (Phi) is 5.52. The third kappa shape index (κ3) is 3.99. The van der Waals surface area contributed by atoms with Crippen molar-refractivity contribution in [3.8, 4) is 21.7 Å². The van der Waals surface area contributed by atoms with E-state index < -0.39 is 26.7 Å². The fourth-order valence-electron chi connectivity index (χ4n) is 3.27. The van der Waals surface area contributed by atoms with Gasteiger partial charge in [0.1, 0.15) is 10.8 Å². The van der Waals surface area contributed by atoms with E-state index in [0.29, 0.717) is 28.1 Å². The normalized spacial score (nSPS) is 13.0. The number of halogens is 3. The van der Waals surface area contributed by atoms with Crippen molar-refractivity contribution < 1.29 is 17.4 Å². The third-order valence-corrected chi connectivity index (χ3v) is 9.04. The summed E-state index contributed by atoms with van der Waals surface area (Å²) in [5.74, 6) is -2.37. The molecule has 0 atom stereocenters. The average molecular weight is 476 g/mol. The van der Waals surface area contributed by atoms with Gasteiger partial charge in [-0.2, -0.15) is 0 Å². The second-order valence-corrected chi connectivity index (χ2v) is 12.3. The van der Waals surface area contributed by atoms with E-state index in [9.17, 15) is 17.4 Å². The zero-order valence-electron chi connectivity index (χ0n) is 17.3. The number of hydrogen-bond donors (Lipinski definition) is 1. The molecule has 4 nitrogen and oxygen atoms in total. The van der Waals surface area contributed by atoms with E-state index in [1.807, 2.05) is 6.92 Å². The lowest BCUT2D eigenvalue weighted by Crippen LogP contribution is -2.42. The summed E-state index contributed by atoms with van der Waals surface area (Å²) in [5, 5.41) is 7.32. The lowest BCUT2D eigenvalue weighted by Gasteiger charge is -2.33. The van der Waals surface area contributed by atoms with Gasteiger partial charge in [0.25, 0.3) is 0 Å². The summed E-state index contributed by atoms with van der Waals surface area (Å²) in [7, 11) is -4.11. The lowest BCUT2D eigenvalue weighted by molar-refractivity contribution is 0.509. The van der Waals surface area contributed by atoms with E-state index in [0.717, 1.165) is 17.1 Å². The Hall–Kier alpha value is -2.88. The zero-order valence-corrected chi connectivity index (χ0v) is 18.9. The molecular formula is C23H20F3N3OS2. The predicted octanol–water partition coefficient (Wildman–Crippen LogP) is 5.59. The Balaban J connectivity index is 1.87. The molecule has 0 amide bonds. The van der Waals surface area contributed by atoms with Gasteiger partial charge in [-0.3, -0.25) is 9.35 Å². The number of benzene rings is 2. The van der Waals surface area contributed by atoms with E-state index in [1.54, 1.807) is 12.1 Å². The average Bonchev–Trinajstić information content (AvgIpc) is 3.20. The number of hydrogen-bond acceptors (Lipinski definition) is 4. The highest BCUT2D eigenvalue weighted by Crippen LogP contribution is 2.40. The van der Waals surface area contributed by atoms with Crippen LogP contribution in [0.1, 0.15) is 11.9 Å². The van der Waals surface area contributed by atoms with E-state index in [4.69, 9.17) is 5.14 Å². The van der Waals surface area contributed by atoms with Crippen molar-refractivity contribution in [1.29, 1.82) is 0 Å². The Bertz CT molecular complexity index is 1380. The van der Waals surface area contributed by atoms with Crippen LogP contribution in [0.3, 0.4) is 0 Å². The van der Waals surface area contributed by atoms with Crippen molar-refractivity contribution in [1.82, 2.24) is 9.97 Å². The highest BCUT2D eigenvalue weighted by Gasteiger charge is 2.33. The molecule has 4 rings (SSSR count). The first-order chi connectivity index (χ1) is 15.1. The SMILES string of the molecule is CCc1nc(-c2ccc(F)c(F)c2)c(-c2ccnc(S(C)(N)(=O)c3ccc(F)cc3)c2)s1. The molecule has 9 heteroatoms. The number of thiazole rings is 1. The second-order valence-electron chi connectivity index (χ2n) is 7.52. The van der Waals surface area contributed by atoms with E-state index in [2.05, 4.69) is 9.97 Å². The van der Waals surface area contributed by atoms with E-state index in [1.165, 1.54) is 54.1 Å². The summed E-state index contributed by atoms with van der Waals surface area (Å²) < 4.78 is 54.6. The van der Waals surface area contributed by atoms with E-state index in [-0.39, 0.29) is 9.92 Å². The Labute approximate surface area is 187 Å². The largest absolute Gasteiger partial charge is 0.263 e. The molecule has 0 aliphatic heterocycles. The number of nitrogens with two attached hydrogens (primary N) is 1. The molecule has 0 unspecified atom stereocenters. The van der Waals surface area contributed by atoms with Crippen molar-refractivity contribution in [2.45, 2.75) is 23.3 Å².